The molecule has 0 fully saturated rings. The summed E-state index contributed by atoms with van der Waals surface area (Å²) in [5, 5.41) is 5.39. The highest BCUT2D eigenvalue weighted by atomic mass is 16.7. The molecule has 7 nitrogen and oxygen atoms in total. The molecule has 2 amide bonds. The summed E-state index contributed by atoms with van der Waals surface area (Å²) in [6.45, 7) is 6.41. The van der Waals surface area contributed by atoms with E-state index in [1.54, 1.807) is 13.0 Å². The van der Waals surface area contributed by atoms with Crippen molar-refractivity contribution in [2.45, 2.75) is 27.2 Å². The Hall–Kier alpha value is -2.83. The Morgan fingerprint density at radius 1 is 1.04 bits per heavy atom. The molecule has 2 N–H and O–H groups in total. The molecule has 0 bridgehead atoms. The van der Waals surface area contributed by atoms with Gasteiger partial charge in [0.15, 0.2) is 0 Å². The number of ether oxygens (including phenoxy) is 2. The number of allylic oxidation sites excluding steroid dienone is 1. The Balaban J connectivity index is 2.38. The molecule has 0 radical (unpaired) electrons. The first kappa shape index (κ1) is 20.2. The van der Waals surface area contributed by atoms with Gasteiger partial charge in [-0.25, -0.2) is 4.79 Å². The van der Waals surface area contributed by atoms with Crippen molar-refractivity contribution in [3.8, 4) is 5.75 Å². The van der Waals surface area contributed by atoms with Crippen molar-refractivity contribution in [2.75, 3.05) is 19.7 Å². The lowest BCUT2D eigenvalue weighted by atomic mass is 10.2. The van der Waals surface area contributed by atoms with Crippen molar-refractivity contribution in [3.05, 3.63) is 41.5 Å². The molecule has 0 aromatic heterocycles. The molecule has 0 spiro atoms. The third kappa shape index (κ3) is 8.01. The van der Waals surface area contributed by atoms with Gasteiger partial charge in [-0.1, -0.05) is 12.5 Å². The average molecular weight is 348 g/mol. The minimum Gasteiger partial charge on any atom is -0.434 e. The SMILES string of the molecule is CCOC(=O)Oc1ccc(C(=O)NCCNC(=O)/C=C(\C)CC)cc1. The van der Waals surface area contributed by atoms with Gasteiger partial charge in [-0.05, 0) is 44.5 Å². The van der Waals surface area contributed by atoms with Crippen LogP contribution in [0, 0.1) is 0 Å². The zero-order valence-corrected chi connectivity index (χ0v) is 14.8. The van der Waals surface area contributed by atoms with E-state index in [1.165, 1.54) is 24.3 Å². The Bertz CT molecular complexity index is 623. The molecule has 1 rings (SSSR count). The van der Waals surface area contributed by atoms with E-state index in [2.05, 4.69) is 15.4 Å². The molecule has 0 aliphatic carbocycles. The van der Waals surface area contributed by atoms with Crippen molar-refractivity contribution in [2.24, 2.45) is 0 Å². The van der Waals surface area contributed by atoms with Crippen LogP contribution in [0.3, 0.4) is 0 Å². The van der Waals surface area contributed by atoms with E-state index < -0.39 is 6.16 Å². The van der Waals surface area contributed by atoms with Gasteiger partial charge < -0.3 is 20.1 Å². The summed E-state index contributed by atoms with van der Waals surface area (Å²) < 4.78 is 9.57. The van der Waals surface area contributed by atoms with Gasteiger partial charge in [0.05, 0.1) is 6.61 Å². The largest absolute Gasteiger partial charge is 0.513 e. The normalized spacial score (nSPS) is 10.8. The fraction of sp³-hybridized carbons (Fsp3) is 0.389. The van der Waals surface area contributed by atoms with E-state index in [0.29, 0.717) is 24.4 Å². The Labute approximate surface area is 147 Å². The van der Waals surface area contributed by atoms with E-state index in [4.69, 9.17) is 4.74 Å². The van der Waals surface area contributed by atoms with Crippen molar-refractivity contribution in [3.63, 3.8) is 0 Å². The highest BCUT2D eigenvalue weighted by molar-refractivity contribution is 5.94. The predicted molar refractivity (Wildman–Crippen MR) is 93.5 cm³/mol. The molecule has 0 saturated heterocycles. The van der Waals surface area contributed by atoms with Gasteiger partial charge >= 0.3 is 6.16 Å². The van der Waals surface area contributed by atoms with Gasteiger partial charge in [0.1, 0.15) is 5.75 Å². The predicted octanol–water partition coefficient (Wildman–Crippen LogP) is 2.42. The average Bonchev–Trinajstić information content (AvgIpc) is 2.59. The Morgan fingerprint density at radius 2 is 1.68 bits per heavy atom. The van der Waals surface area contributed by atoms with E-state index in [1.807, 2.05) is 13.8 Å². The molecule has 0 atom stereocenters. The van der Waals surface area contributed by atoms with Gasteiger partial charge in [0.25, 0.3) is 5.91 Å². The summed E-state index contributed by atoms with van der Waals surface area (Å²) in [5.41, 5.74) is 1.41. The van der Waals surface area contributed by atoms with E-state index >= 15 is 0 Å². The maximum atomic E-state index is 12.0. The summed E-state index contributed by atoms with van der Waals surface area (Å²) in [6, 6.07) is 6.09. The quantitative estimate of drug-likeness (QED) is 0.326. The third-order valence-electron chi connectivity index (χ3n) is 3.22. The molecule has 136 valence electrons. The Morgan fingerprint density at radius 3 is 2.28 bits per heavy atom. The first-order valence-corrected chi connectivity index (χ1v) is 8.14. The second-order valence-electron chi connectivity index (χ2n) is 5.20. The topological polar surface area (TPSA) is 93.7 Å². The van der Waals surface area contributed by atoms with Crippen LogP contribution in [0.15, 0.2) is 35.9 Å². The first-order valence-electron chi connectivity index (χ1n) is 8.14. The highest BCUT2D eigenvalue weighted by Crippen LogP contribution is 2.12. The van der Waals surface area contributed by atoms with Crippen molar-refractivity contribution < 1.29 is 23.9 Å². The zero-order chi connectivity index (χ0) is 18.7. The molecule has 0 heterocycles. The van der Waals surface area contributed by atoms with Crippen LogP contribution < -0.4 is 15.4 Å². The summed E-state index contributed by atoms with van der Waals surface area (Å²) >= 11 is 0. The van der Waals surface area contributed by atoms with Crippen LogP contribution in [-0.2, 0) is 9.53 Å². The summed E-state index contributed by atoms with van der Waals surface area (Å²) in [4.78, 5) is 34.7. The third-order valence-corrected chi connectivity index (χ3v) is 3.22. The minimum atomic E-state index is -0.789. The fourth-order valence-corrected chi connectivity index (χ4v) is 1.76. The molecular formula is C18H24N2O5. The van der Waals surface area contributed by atoms with Gasteiger partial charge in [-0.2, -0.15) is 0 Å². The second kappa shape index (κ2) is 10.9. The molecule has 0 unspecified atom stereocenters. The van der Waals surface area contributed by atoms with E-state index in [9.17, 15) is 14.4 Å². The van der Waals surface area contributed by atoms with Gasteiger partial charge in [0.2, 0.25) is 5.91 Å². The highest BCUT2D eigenvalue weighted by Gasteiger charge is 2.08. The number of rotatable bonds is 8. The van der Waals surface area contributed by atoms with Crippen molar-refractivity contribution in [1.82, 2.24) is 10.6 Å². The van der Waals surface area contributed by atoms with Crippen LogP contribution in [0.2, 0.25) is 0 Å². The van der Waals surface area contributed by atoms with Crippen LogP contribution in [0.4, 0.5) is 4.79 Å². The van der Waals surface area contributed by atoms with Crippen LogP contribution in [-0.4, -0.2) is 37.7 Å². The lowest BCUT2D eigenvalue weighted by Gasteiger charge is -2.07. The van der Waals surface area contributed by atoms with E-state index in [0.717, 1.165) is 12.0 Å². The first-order chi connectivity index (χ1) is 12.0. The maximum absolute atomic E-state index is 12.0. The second-order valence-corrected chi connectivity index (χ2v) is 5.20. The van der Waals surface area contributed by atoms with Gasteiger partial charge in [-0.3, -0.25) is 9.59 Å². The van der Waals surface area contributed by atoms with Gasteiger partial charge in [-0.15, -0.1) is 0 Å². The zero-order valence-electron chi connectivity index (χ0n) is 14.8. The van der Waals surface area contributed by atoms with Gasteiger partial charge in [0, 0.05) is 24.7 Å². The van der Waals surface area contributed by atoms with Crippen molar-refractivity contribution in [1.29, 1.82) is 0 Å². The lowest BCUT2D eigenvalue weighted by molar-refractivity contribution is -0.116. The number of hydrogen-bond donors (Lipinski definition) is 2. The van der Waals surface area contributed by atoms with E-state index in [-0.39, 0.29) is 18.4 Å². The molecule has 25 heavy (non-hydrogen) atoms. The molecule has 1 aromatic carbocycles. The number of carbonyl (C=O) groups excluding carboxylic acids is 3. The monoisotopic (exact) mass is 348 g/mol. The number of hydrogen-bond acceptors (Lipinski definition) is 5. The lowest BCUT2D eigenvalue weighted by Crippen LogP contribution is -2.34. The molecule has 0 aliphatic heterocycles. The fourth-order valence-electron chi connectivity index (χ4n) is 1.76. The van der Waals surface area contributed by atoms with Crippen molar-refractivity contribution >= 4 is 18.0 Å². The smallest absolute Gasteiger partial charge is 0.434 e. The number of amides is 2. The standard InChI is InChI=1S/C18H24N2O5/c1-4-13(3)12-16(21)19-10-11-20-17(22)14-6-8-15(9-7-14)25-18(23)24-5-2/h6-9,12H,4-5,10-11H2,1-3H3,(H,19,21)(H,20,22)/b13-12+. The van der Waals surface area contributed by atoms with Crippen LogP contribution in [0.5, 0.6) is 5.75 Å². The number of carbonyl (C=O) groups is 3. The minimum absolute atomic E-state index is 0.172. The van der Waals surface area contributed by atoms with Crippen LogP contribution >= 0.6 is 0 Å². The number of nitrogens with one attached hydrogen (secondary N) is 2. The number of benzene rings is 1. The molecular weight excluding hydrogens is 324 g/mol. The maximum Gasteiger partial charge on any atom is 0.513 e. The molecule has 0 aliphatic rings. The van der Waals surface area contributed by atoms with Crippen LogP contribution in [0.25, 0.3) is 0 Å². The van der Waals surface area contributed by atoms with Crippen LogP contribution in [0.1, 0.15) is 37.6 Å². The molecule has 7 heteroatoms. The molecule has 0 saturated carbocycles. The molecule has 1 aromatic rings. The Kier molecular flexibility index (Phi) is 8.78. The summed E-state index contributed by atoms with van der Waals surface area (Å²) in [6.07, 6.45) is 1.58. The summed E-state index contributed by atoms with van der Waals surface area (Å²) in [7, 11) is 0. The summed E-state index contributed by atoms with van der Waals surface area (Å²) in [5.74, 6) is -0.161.